The molecular weight excluding hydrogens is 226 g/mol. The summed E-state index contributed by atoms with van der Waals surface area (Å²) in [5, 5.41) is 10.5. The van der Waals surface area contributed by atoms with E-state index in [0.29, 0.717) is 5.69 Å². The summed E-state index contributed by atoms with van der Waals surface area (Å²) >= 11 is 5.59. The molecule has 0 bridgehead atoms. The van der Waals surface area contributed by atoms with Crippen LogP contribution in [-0.2, 0) is 0 Å². The second-order valence-corrected chi connectivity index (χ2v) is 4.15. The van der Waals surface area contributed by atoms with Gasteiger partial charge in [-0.2, -0.15) is 0 Å². The molecule has 4 nitrogen and oxygen atoms in total. The Kier molecular flexibility index (Phi) is 5.19. The van der Waals surface area contributed by atoms with Crippen LogP contribution in [0.1, 0.15) is 43.6 Å². The van der Waals surface area contributed by atoms with E-state index in [1.165, 1.54) is 0 Å². The number of carbonyl (C=O) groups excluding carboxylic acids is 1. The van der Waals surface area contributed by atoms with Crippen molar-refractivity contribution in [3.8, 4) is 0 Å². The number of hydrogen-bond acceptors (Lipinski definition) is 3. The van der Waals surface area contributed by atoms with E-state index in [1.54, 1.807) is 12.1 Å². The number of halogens is 1. The number of unbranched alkanes of at least 4 members (excludes halogenated alkanes) is 1. The minimum Gasteiger partial charge on any atom is -0.348 e. The fraction of sp³-hybridized carbons (Fsp3) is 0.545. The normalized spacial score (nSPS) is 12.2. The summed E-state index contributed by atoms with van der Waals surface area (Å²) in [7, 11) is 0. The molecule has 1 aromatic heterocycles. The maximum Gasteiger partial charge on any atom is 0.272 e. The monoisotopic (exact) mass is 241 g/mol. The molecule has 5 heteroatoms. The average Bonchev–Trinajstić information content (AvgIpc) is 2.27. The Bertz CT molecular complexity index is 340. The van der Waals surface area contributed by atoms with Crippen molar-refractivity contribution < 1.29 is 4.79 Å². The van der Waals surface area contributed by atoms with E-state index < -0.39 is 0 Å². The smallest absolute Gasteiger partial charge is 0.272 e. The van der Waals surface area contributed by atoms with E-state index in [2.05, 4.69) is 22.4 Å². The molecule has 1 rings (SSSR count). The van der Waals surface area contributed by atoms with Gasteiger partial charge in [-0.25, -0.2) is 0 Å². The van der Waals surface area contributed by atoms with Gasteiger partial charge in [0.1, 0.15) is 0 Å². The Morgan fingerprint density at radius 1 is 1.50 bits per heavy atom. The molecule has 0 fully saturated rings. The van der Waals surface area contributed by atoms with E-state index in [1.807, 2.05) is 6.92 Å². The lowest BCUT2D eigenvalue weighted by Gasteiger charge is -2.12. The lowest BCUT2D eigenvalue weighted by Crippen LogP contribution is -2.33. The van der Waals surface area contributed by atoms with Crippen molar-refractivity contribution in [1.82, 2.24) is 15.5 Å². The van der Waals surface area contributed by atoms with Crippen LogP contribution in [0.5, 0.6) is 0 Å². The first-order valence-corrected chi connectivity index (χ1v) is 5.81. The van der Waals surface area contributed by atoms with Crippen molar-refractivity contribution in [2.75, 3.05) is 0 Å². The van der Waals surface area contributed by atoms with Gasteiger partial charge in [-0.3, -0.25) is 4.79 Å². The molecule has 0 radical (unpaired) electrons. The predicted molar refractivity (Wildman–Crippen MR) is 63.5 cm³/mol. The van der Waals surface area contributed by atoms with Crippen molar-refractivity contribution in [1.29, 1.82) is 0 Å². The fourth-order valence-electron chi connectivity index (χ4n) is 1.32. The van der Waals surface area contributed by atoms with E-state index in [-0.39, 0.29) is 17.1 Å². The van der Waals surface area contributed by atoms with Crippen molar-refractivity contribution in [3.63, 3.8) is 0 Å². The van der Waals surface area contributed by atoms with Crippen LogP contribution >= 0.6 is 11.6 Å². The predicted octanol–water partition coefficient (Wildman–Crippen LogP) is 2.44. The second-order valence-electron chi connectivity index (χ2n) is 3.76. The van der Waals surface area contributed by atoms with Crippen LogP contribution in [0, 0.1) is 0 Å². The number of aromatic nitrogens is 2. The maximum atomic E-state index is 11.7. The van der Waals surface area contributed by atoms with Crippen molar-refractivity contribution in [2.45, 2.75) is 39.2 Å². The molecule has 1 atom stereocenters. The number of nitrogens with one attached hydrogen (secondary N) is 1. The first-order valence-electron chi connectivity index (χ1n) is 5.43. The van der Waals surface area contributed by atoms with Gasteiger partial charge in [-0.1, -0.05) is 31.4 Å². The third-order valence-electron chi connectivity index (χ3n) is 2.23. The Hall–Kier alpha value is -1.16. The van der Waals surface area contributed by atoms with Crippen LogP contribution in [0.15, 0.2) is 12.1 Å². The van der Waals surface area contributed by atoms with Gasteiger partial charge in [0.15, 0.2) is 10.8 Å². The Labute approximate surface area is 100 Å². The third kappa shape index (κ3) is 4.14. The largest absolute Gasteiger partial charge is 0.348 e. The molecule has 1 amide bonds. The first-order chi connectivity index (χ1) is 7.63. The zero-order valence-corrected chi connectivity index (χ0v) is 10.3. The first kappa shape index (κ1) is 12.9. The minimum atomic E-state index is -0.201. The summed E-state index contributed by atoms with van der Waals surface area (Å²) in [5.41, 5.74) is 0.299. The highest BCUT2D eigenvalue weighted by atomic mass is 35.5. The van der Waals surface area contributed by atoms with E-state index in [0.717, 1.165) is 19.3 Å². The zero-order valence-electron chi connectivity index (χ0n) is 9.53. The lowest BCUT2D eigenvalue weighted by atomic mass is 10.1. The lowest BCUT2D eigenvalue weighted by molar-refractivity contribution is 0.0932. The van der Waals surface area contributed by atoms with Gasteiger partial charge in [-0.05, 0) is 25.5 Å². The van der Waals surface area contributed by atoms with Crippen LogP contribution < -0.4 is 5.32 Å². The maximum absolute atomic E-state index is 11.7. The van der Waals surface area contributed by atoms with Crippen molar-refractivity contribution in [2.24, 2.45) is 0 Å². The molecule has 0 saturated carbocycles. The molecule has 0 saturated heterocycles. The highest BCUT2D eigenvalue weighted by molar-refractivity contribution is 6.29. The number of carbonyl (C=O) groups is 1. The number of nitrogens with zero attached hydrogens (tertiary/aromatic N) is 2. The van der Waals surface area contributed by atoms with Crippen LogP contribution in [0.25, 0.3) is 0 Å². The third-order valence-corrected chi connectivity index (χ3v) is 2.43. The molecular formula is C11H16ClN3O. The quantitative estimate of drug-likeness (QED) is 0.862. The Morgan fingerprint density at radius 3 is 2.81 bits per heavy atom. The van der Waals surface area contributed by atoms with Gasteiger partial charge in [0.2, 0.25) is 0 Å². The number of rotatable bonds is 5. The van der Waals surface area contributed by atoms with Crippen LogP contribution in [0.2, 0.25) is 5.15 Å². The minimum absolute atomic E-state index is 0.157. The molecule has 0 aliphatic carbocycles. The summed E-state index contributed by atoms with van der Waals surface area (Å²) in [6, 6.07) is 3.28. The number of amides is 1. The highest BCUT2D eigenvalue weighted by Crippen LogP contribution is 2.04. The number of hydrogen-bond donors (Lipinski definition) is 1. The molecule has 16 heavy (non-hydrogen) atoms. The average molecular weight is 242 g/mol. The SMILES string of the molecule is CCCCC(C)NC(=O)c1ccc(Cl)nn1. The van der Waals surface area contributed by atoms with E-state index in [4.69, 9.17) is 11.6 Å². The standard InChI is InChI=1S/C11H16ClN3O/c1-3-4-5-8(2)13-11(16)9-6-7-10(12)15-14-9/h6-8H,3-5H2,1-2H3,(H,13,16). The van der Waals surface area contributed by atoms with Gasteiger partial charge in [0.05, 0.1) is 0 Å². The summed E-state index contributed by atoms with van der Waals surface area (Å²) in [5.74, 6) is -0.201. The fourth-order valence-corrected chi connectivity index (χ4v) is 1.42. The molecule has 1 heterocycles. The summed E-state index contributed by atoms with van der Waals surface area (Å²) in [6.07, 6.45) is 3.21. The molecule has 0 aliphatic rings. The molecule has 1 N–H and O–H groups in total. The summed E-state index contributed by atoms with van der Waals surface area (Å²) in [4.78, 5) is 11.7. The van der Waals surface area contributed by atoms with E-state index in [9.17, 15) is 4.79 Å². The zero-order chi connectivity index (χ0) is 12.0. The second kappa shape index (κ2) is 6.43. The van der Waals surface area contributed by atoms with Crippen molar-refractivity contribution in [3.05, 3.63) is 23.0 Å². The van der Waals surface area contributed by atoms with Gasteiger partial charge < -0.3 is 5.32 Å². The van der Waals surface area contributed by atoms with Crippen molar-refractivity contribution >= 4 is 17.5 Å². The van der Waals surface area contributed by atoms with Gasteiger partial charge in [-0.15, -0.1) is 10.2 Å². The molecule has 0 spiro atoms. The van der Waals surface area contributed by atoms with Crippen LogP contribution in [0.4, 0.5) is 0 Å². The van der Waals surface area contributed by atoms with E-state index >= 15 is 0 Å². The van der Waals surface area contributed by atoms with Crippen LogP contribution in [0.3, 0.4) is 0 Å². The summed E-state index contributed by atoms with van der Waals surface area (Å²) in [6.45, 7) is 4.11. The van der Waals surface area contributed by atoms with Gasteiger partial charge in [0.25, 0.3) is 5.91 Å². The van der Waals surface area contributed by atoms with Gasteiger partial charge >= 0.3 is 0 Å². The topological polar surface area (TPSA) is 54.9 Å². The Balaban J connectivity index is 2.48. The van der Waals surface area contributed by atoms with Gasteiger partial charge in [0, 0.05) is 6.04 Å². The highest BCUT2D eigenvalue weighted by Gasteiger charge is 2.10. The molecule has 0 aromatic carbocycles. The Morgan fingerprint density at radius 2 is 2.25 bits per heavy atom. The molecule has 1 aromatic rings. The molecule has 0 aliphatic heterocycles. The molecule has 88 valence electrons. The summed E-state index contributed by atoms with van der Waals surface area (Å²) < 4.78 is 0. The van der Waals surface area contributed by atoms with Crippen LogP contribution in [-0.4, -0.2) is 22.1 Å². The molecule has 1 unspecified atom stereocenters.